The standard InChI is InChI=1S/C25H27F3/c1-2-3-4-5-16-6-12-20-18(14-16)9-13-21-22(20)15-23(27)24(25(21)28)17-7-10-19(26)11-8-17/h2-3,7-8,10-11,15-16,18,20H,4-6,9,12-14H2,1H3/b3-2+. The predicted octanol–water partition coefficient (Wildman–Crippen LogP) is 7.57. The van der Waals surface area contributed by atoms with Crippen molar-refractivity contribution < 1.29 is 13.2 Å². The van der Waals surface area contributed by atoms with Gasteiger partial charge in [0.2, 0.25) is 0 Å². The summed E-state index contributed by atoms with van der Waals surface area (Å²) in [7, 11) is 0. The minimum absolute atomic E-state index is 0.0164. The van der Waals surface area contributed by atoms with E-state index in [0.29, 0.717) is 23.5 Å². The number of benzene rings is 2. The van der Waals surface area contributed by atoms with Crippen LogP contribution >= 0.6 is 0 Å². The minimum atomic E-state index is -0.529. The van der Waals surface area contributed by atoms with Gasteiger partial charge in [0.25, 0.3) is 0 Å². The fraction of sp³-hybridized carbons (Fsp3) is 0.440. The molecule has 0 nitrogen and oxygen atoms in total. The van der Waals surface area contributed by atoms with Gasteiger partial charge in [-0.1, -0.05) is 24.3 Å². The van der Waals surface area contributed by atoms with Crippen molar-refractivity contribution in [2.24, 2.45) is 11.8 Å². The highest BCUT2D eigenvalue weighted by atomic mass is 19.1. The van der Waals surface area contributed by atoms with Crippen molar-refractivity contribution in [3.8, 4) is 11.1 Å². The van der Waals surface area contributed by atoms with Crippen LogP contribution in [-0.2, 0) is 6.42 Å². The average Bonchev–Trinajstić information content (AvgIpc) is 2.69. The Balaban J connectivity index is 1.61. The van der Waals surface area contributed by atoms with Gasteiger partial charge in [-0.2, -0.15) is 0 Å². The molecule has 28 heavy (non-hydrogen) atoms. The van der Waals surface area contributed by atoms with Crippen LogP contribution in [0.2, 0.25) is 0 Å². The molecule has 1 fully saturated rings. The van der Waals surface area contributed by atoms with Crippen LogP contribution in [0.15, 0.2) is 42.5 Å². The zero-order chi connectivity index (χ0) is 19.7. The molecule has 2 aromatic carbocycles. The van der Waals surface area contributed by atoms with Gasteiger partial charge in [0, 0.05) is 0 Å². The second kappa shape index (κ2) is 8.14. The Morgan fingerprint density at radius 1 is 1.04 bits per heavy atom. The van der Waals surface area contributed by atoms with Gasteiger partial charge in [-0.25, -0.2) is 13.2 Å². The SMILES string of the molecule is C/C=C/CCC1CCC2c3cc(F)c(-c4ccc(F)cc4)c(F)c3CCC2C1. The number of rotatable bonds is 4. The molecule has 4 rings (SSSR count). The van der Waals surface area contributed by atoms with E-state index >= 15 is 4.39 Å². The highest BCUT2D eigenvalue weighted by molar-refractivity contribution is 5.67. The smallest absolute Gasteiger partial charge is 0.137 e. The lowest BCUT2D eigenvalue weighted by molar-refractivity contribution is 0.201. The van der Waals surface area contributed by atoms with Gasteiger partial charge in [-0.05, 0) is 105 Å². The van der Waals surface area contributed by atoms with E-state index in [4.69, 9.17) is 0 Å². The minimum Gasteiger partial charge on any atom is -0.207 e. The molecule has 0 bridgehead atoms. The Morgan fingerprint density at radius 3 is 2.57 bits per heavy atom. The van der Waals surface area contributed by atoms with E-state index in [1.807, 2.05) is 0 Å². The van der Waals surface area contributed by atoms with Crippen LogP contribution in [0.1, 0.15) is 62.5 Å². The number of hydrogen-bond acceptors (Lipinski definition) is 0. The van der Waals surface area contributed by atoms with Gasteiger partial charge in [0.05, 0.1) is 5.56 Å². The van der Waals surface area contributed by atoms with Gasteiger partial charge >= 0.3 is 0 Å². The normalized spacial score (nSPS) is 24.2. The summed E-state index contributed by atoms with van der Waals surface area (Å²) in [5.74, 6) is 0.151. The third kappa shape index (κ3) is 3.64. The van der Waals surface area contributed by atoms with Crippen molar-refractivity contribution in [1.82, 2.24) is 0 Å². The third-order valence-corrected chi connectivity index (χ3v) is 6.72. The fourth-order valence-electron chi connectivity index (χ4n) is 5.32. The van der Waals surface area contributed by atoms with E-state index in [2.05, 4.69) is 19.1 Å². The van der Waals surface area contributed by atoms with Crippen molar-refractivity contribution in [3.05, 3.63) is 71.1 Å². The molecule has 2 aliphatic rings. The quantitative estimate of drug-likeness (QED) is 0.477. The molecule has 0 amide bonds. The molecule has 2 aliphatic carbocycles. The lowest BCUT2D eigenvalue weighted by atomic mass is 9.64. The molecule has 0 aliphatic heterocycles. The summed E-state index contributed by atoms with van der Waals surface area (Å²) in [5.41, 5.74) is 1.93. The van der Waals surface area contributed by atoms with Gasteiger partial charge in [0.15, 0.2) is 0 Å². The summed E-state index contributed by atoms with van der Waals surface area (Å²) in [6.07, 6.45) is 11.6. The van der Waals surface area contributed by atoms with Gasteiger partial charge in [-0.3, -0.25) is 0 Å². The first-order chi connectivity index (χ1) is 13.6. The topological polar surface area (TPSA) is 0 Å². The molecule has 0 saturated heterocycles. The first kappa shape index (κ1) is 19.3. The van der Waals surface area contributed by atoms with E-state index < -0.39 is 17.5 Å². The number of fused-ring (bicyclic) bond motifs is 3. The molecule has 1 saturated carbocycles. The molecule has 0 heterocycles. The number of allylic oxidation sites excluding steroid dienone is 2. The molecule has 3 atom stereocenters. The van der Waals surface area contributed by atoms with E-state index in [1.165, 1.54) is 37.1 Å². The van der Waals surface area contributed by atoms with Crippen molar-refractivity contribution in [2.45, 2.75) is 57.8 Å². The Hall–Kier alpha value is -2.03. The molecule has 3 unspecified atom stereocenters. The van der Waals surface area contributed by atoms with Crippen LogP contribution in [0.5, 0.6) is 0 Å². The van der Waals surface area contributed by atoms with Crippen LogP contribution < -0.4 is 0 Å². The summed E-state index contributed by atoms with van der Waals surface area (Å²) in [5, 5.41) is 0. The summed E-state index contributed by atoms with van der Waals surface area (Å²) in [6, 6.07) is 6.96. The first-order valence-electron chi connectivity index (χ1n) is 10.5. The molecular formula is C25H27F3. The van der Waals surface area contributed by atoms with Gasteiger partial charge in [0.1, 0.15) is 17.5 Å². The maximum Gasteiger partial charge on any atom is 0.137 e. The summed E-state index contributed by atoms with van der Waals surface area (Å²) >= 11 is 0. The highest BCUT2D eigenvalue weighted by Gasteiger charge is 2.37. The first-order valence-corrected chi connectivity index (χ1v) is 10.5. The monoisotopic (exact) mass is 384 g/mol. The second-order valence-electron chi connectivity index (χ2n) is 8.35. The highest BCUT2D eigenvalue weighted by Crippen LogP contribution is 2.49. The van der Waals surface area contributed by atoms with E-state index in [9.17, 15) is 8.78 Å². The average molecular weight is 384 g/mol. The van der Waals surface area contributed by atoms with Crippen LogP contribution in [0, 0.1) is 29.3 Å². The van der Waals surface area contributed by atoms with Crippen LogP contribution in [0.25, 0.3) is 11.1 Å². The summed E-state index contributed by atoms with van der Waals surface area (Å²) in [6.45, 7) is 2.05. The molecule has 0 radical (unpaired) electrons. The fourth-order valence-corrected chi connectivity index (χ4v) is 5.32. The summed E-state index contributed by atoms with van der Waals surface area (Å²) in [4.78, 5) is 0. The third-order valence-electron chi connectivity index (χ3n) is 6.72. The molecule has 2 aromatic rings. The zero-order valence-electron chi connectivity index (χ0n) is 16.4. The molecule has 0 aromatic heterocycles. The lowest BCUT2D eigenvalue weighted by Crippen LogP contribution is -2.29. The van der Waals surface area contributed by atoms with E-state index in [-0.39, 0.29) is 11.5 Å². The van der Waals surface area contributed by atoms with Gasteiger partial charge in [-0.15, -0.1) is 0 Å². The van der Waals surface area contributed by atoms with E-state index in [0.717, 1.165) is 37.2 Å². The van der Waals surface area contributed by atoms with Gasteiger partial charge < -0.3 is 0 Å². The largest absolute Gasteiger partial charge is 0.207 e. The zero-order valence-corrected chi connectivity index (χ0v) is 16.4. The second-order valence-corrected chi connectivity index (χ2v) is 8.35. The number of halogens is 3. The van der Waals surface area contributed by atoms with Crippen molar-refractivity contribution in [2.75, 3.05) is 0 Å². The van der Waals surface area contributed by atoms with Crippen LogP contribution in [-0.4, -0.2) is 0 Å². The predicted molar refractivity (Wildman–Crippen MR) is 108 cm³/mol. The van der Waals surface area contributed by atoms with Crippen LogP contribution in [0.3, 0.4) is 0 Å². The Labute approximate surface area is 165 Å². The maximum absolute atomic E-state index is 15.3. The Kier molecular flexibility index (Phi) is 5.61. The summed E-state index contributed by atoms with van der Waals surface area (Å²) < 4.78 is 43.4. The van der Waals surface area contributed by atoms with Crippen molar-refractivity contribution in [1.29, 1.82) is 0 Å². The van der Waals surface area contributed by atoms with Crippen LogP contribution in [0.4, 0.5) is 13.2 Å². The Bertz CT molecular complexity index is 866. The molecular weight excluding hydrogens is 357 g/mol. The lowest BCUT2D eigenvalue weighted by Gasteiger charge is -2.41. The maximum atomic E-state index is 15.3. The number of hydrogen-bond donors (Lipinski definition) is 0. The Morgan fingerprint density at radius 2 is 1.82 bits per heavy atom. The van der Waals surface area contributed by atoms with E-state index in [1.54, 1.807) is 6.07 Å². The van der Waals surface area contributed by atoms with Crippen molar-refractivity contribution in [3.63, 3.8) is 0 Å². The van der Waals surface area contributed by atoms with Crippen molar-refractivity contribution >= 4 is 0 Å². The molecule has 3 heteroatoms. The molecule has 0 N–H and O–H groups in total. The molecule has 148 valence electrons. The molecule has 0 spiro atoms.